The van der Waals surface area contributed by atoms with E-state index >= 15 is 0 Å². The summed E-state index contributed by atoms with van der Waals surface area (Å²) in [5.74, 6) is -2.69. The van der Waals surface area contributed by atoms with Gasteiger partial charge in [0, 0.05) is 24.1 Å². The van der Waals surface area contributed by atoms with Crippen molar-refractivity contribution in [1.82, 2.24) is 19.4 Å². The molecule has 15 heteroatoms. The molecule has 0 bridgehead atoms. The number of halogens is 5. The number of alkyl halides is 3. The van der Waals surface area contributed by atoms with Gasteiger partial charge in [-0.1, -0.05) is 11.6 Å². The first-order valence-electron chi connectivity index (χ1n) is 11.3. The van der Waals surface area contributed by atoms with E-state index in [4.69, 9.17) is 16.3 Å². The van der Waals surface area contributed by atoms with Crippen molar-refractivity contribution in [3.63, 3.8) is 0 Å². The number of hydrogen-bond acceptors (Lipinski definition) is 7. The van der Waals surface area contributed by atoms with Gasteiger partial charge in [-0.15, -0.1) is 11.8 Å². The Labute approximate surface area is 227 Å². The Hall–Kier alpha value is -3.83. The number of aryl methyl sites for hydroxylation is 1. The van der Waals surface area contributed by atoms with E-state index in [0.717, 1.165) is 46.7 Å². The molecule has 9 nitrogen and oxygen atoms in total. The molecule has 4 heterocycles. The number of carbonyl (C=O) groups is 2. The number of methoxy groups -OCH3 is 1. The summed E-state index contributed by atoms with van der Waals surface area (Å²) in [6.45, 7) is -0.0618. The predicted octanol–water partition coefficient (Wildman–Crippen LogP) is 5.00. The van der Waals surface area contributed by atoms with Crippen LogP contribution in [0.4, 0.5) is 28.0 Å². The molecule has 3 aromatic rings. The number of imide groups is 1. The summed E-state index contributed by atoms with van der Waals surface area (Å²) in [5.41, 5.74) is -0.0765. The number of urea groups is 1. The van der Waals surface area contributed by atoms with Crippen LogP contribution in [0.15, 0.2) is 30.6 Å². The molecule has 1 saturated heterocycles. The lowest BCUT2D eigenvalue weighted by Crippen LogP contribution is -2.62. The third-order valence-corrected chi connectivity index (χ3v) is 8.03. The minimum atomic E-state index is -4.79. The number of carbonyl (C=O) groups excluding carboxylic acids is 2. The molecule has 0 N–H and O–H groups in total. The highest BCUT2D eigenvalue weighted by molar-refractivity contribution is 8.09. The number of ether oxygens (including phenoxy) is 1. The zero-order valence-corrected chi connectivity index (χ0v) is 21.7. The molecule has 0 saturated carbocycles. The second-order valence-corrected chi connectivity index (χ2v) is 10.2. The number of rotatable bonds is 5. The number of hydrogen-bond donors (Lipinski definition) is 0. The average molecular weight is 581 g/mol. The Kier molecular flexibility index (Phi) is 6.68. The van der Waals surface area contributed by atoms with Gasteiger partial charge in [0.2, 0.25) is 5.82 Å². The fourth-order valence-corrected chi connectivity index (χ4v) is 6.32. The lowest BCUT2D eigenvalue weighted by Gasteiger charge is -2.40. The van der Waals surface area contributed by atoms with Crippen molar-refractivity contribution < 1.29 is 31.9 Å². The highest BCUT2D eigenvalue weighted by Crippen LogP contribution is 2.48. The van der Waals surface area contributed by atoms with Crippen LogP contribution in [0.25, 0.3) is 15.9 Å². The number of benzene rings is 1. The Morgan fingerprint density at radius 3 is 2.67 bits per heavy atom. The maximum atomic E-state index is 14.1. The van der Waals surface area contributed by atoms with Crippen LogP contribution in [0, 0.1) is 17.1 Å². The zero-order valence-electron chi connectivity index (χ0n) is 20.2. The summed E-state index contributed by atoms with van der Waals surface area (Å²) >= 11 is 7.35. The van der Waals surface area contributed by atoms with Crippen LogP contribution < -0.4 is 9.64 Å². The highest BCUT2D eigenvalue weighted by atomic mass is 35.5. The first-order chi connectivity index (χ1) is 18.5. The Morgan fingerprint density at radius 2 is 2.00 bits per heavy atom. The van der Waals surface area contributed by atoms with Gasteiger partial charge >= 0.3 is 12.2 Å². The number of nitriles is 1. The minimum Gasteiger partial charge on any atom is -0.494 e. The van der Waals surface area contributed by atoms with Crippen molar-refractivity contribution in [2.24, 2.45) is 7.05 Å². The smallest absolute Gasteiger partial charge is 0.449 e. The van der Waals surface area contributed by atoms with Crippen molar-refractivity contribution in [2.75, 3.05) is 18.6 Å². The number of amides is 3. The number of pyridine rings is 1. The fraction of sp³-hybridized carbons (Fsp3) is 0.292. The fourth-order valence-electron chi connectivity index (χ4n) is 4.65. The van der Waals surface area contributed by atoms with Crippen molar-refractivity contribution in [3.05, 3.63) is 52.8 Å². The molecule has 1 fully saturated rings. The van der Waals surface area contributed by atoms with E-state index in [9.17, 15) is 32.4 Å². The van der Waals surface area contributed by atoms with Crippen LogP contribution in [-0.2, 0) is 18.0 Å². The van der Waals surface area contributed by atoms with Gasteiger partial charge in [-0.3, -0.25) is 9.78 Å². The average Bonchev–Trinajstić information content (AvgIpc) is 3.47. The molecule has 5 rings (SSSR count). The van der Waals surface area contributed by atoms with E-state index in [1.54, 1.807) is 6.08 Å². The molecule has 1 aromatic carbocycles. The normalized spacial score (nSPS) is 19.4. The monoisotopic (exact) mass is 580 g/mol. The number of aromatic nitrogens is 3. The molecular weight excluding hydrogens is 564 g/mol. The van der Waals surface area contributed by atoms with Crippen LogP contribution in [0.5, 0.6) is 5.75 Å². The number of nitrogens with zero attached hydrogens (tertiary/aromatic N) is 6. The van der Waals surface area contributed by atoms with Gasteiger partial charge in [-0.2, -0.15) is 18.4 Å². The van der Waals surface area contributed by atoms with Crippen LogP contribution in [0.3, 0.4) is 0 Å². The second kappa shape index (κ2) is 9.73. The summed E-state index contributed by atoms with van der Waals surface area (Å²) in [6.07, 6.45) is -0.999. The van der Waals surface area contributed by atoms with Crippen LogP contribution >= 0.6 is 23.4 Å². The Morgan fingerprint density at radius 1 is 1.26 bits per heavy atom. The number of fused-ring (bicyclic) bond motifs is 2. The van der Waals surface area contributed by atoms with E-state index in [2.05, 4.69) is 9.97 Å². The maximum absolute atomic E-state index is 14.1. The summed E-state index contributed by atoms with van der Waals surface area (Å²) < 4.78 is 60.6. The summed E-state index contributed by atoms with van der Waals surface area (Å²) in [5, 5.41) is 8.29. The van der Waals surface area contributed by atoms with Gasteiger partial charge in [0.05, 0.1) is 54.3 Å². The molecule has 0 spiro atoms. The molecule has 39 heavy (non-hydrogen) atoms. The first kappa shape index (κ1) is 26.8. The Bertz CT molecular complexity index is 1600. The molecule has 3 amide bonds. The Balaban J connectivity index is 1.61. The number of anilines is 1. The number of imidazole rings is 1. The third-order valence-electron chi connectivity index (χ3n) is 6.37. The quantitative estimate of drug-likeness (QED) is 0.391. The topological polar surface area (TPSA) is 104 Å². The van der Waals surface area contributed by atoms with Crippen molar-refractivity contribution in [1.29, 1.82) is 5.26 Å². The van der Waals surface area contributed by atoms with Gasteiger partial charge in [0.1, 0.15) is 10.8 Å². The van der Waals surface area contributed by atoms with Crippen molar-refractivity contribution >= 4 is 56.9 Å². The molecule has 0 aliphatic carbocycles. The van der Waals surface area contributed by atoms with Gasteiger partial charge in [-0.25, -0.2) is 19.1 Å². The van der Waals surface area contributed by atoms with Crippen molar-refractivity contribution in [2.45, 2.75) is 23.9 Å². The largest absolute Gasteiger partial charge is 0.494 e. The van der Waals surface area contributed by atoms with E-state index in [-0.39, 0.29) is 40.5 Å². The summed E-state index contributed by atoms with van der Waals surface area (Å²) in [6, 6.07) is 2.77. The highest BCUT2D eigenvalue weighted by Gasteiger charge is 2.50. The second-order valence-electron chi connectivity index (χ2n) is 8.60. The molecule has 0 radical (unpaired) electrons. The first-order valence-corrected chi connectivity index (χ1v) is 12.5. The predicted molar refractivity (Wildman–Crippen MR) is 134 cm³/mol. The molecule has 2 aliphatic heterocycles. The van der Waals surface area contributed by atoms with Gasteiger partial charge in [-0.05, 0) is 18.2 Å². The molecule has 2 unspecified atom stereocenters. The van der Waals surface area contributed by atoms with E-state index in [0.29, 0.717) is 10.5 Å². The minimum absolute atomic E-state index is 0.0495. The summed E-state index contributed by atoms with van der Waals surface area (Å²) in [4.78, 5) is 37.6. The lowest BCUT2D eigenvalue weighted by atomic mass is 10.0. The van der Waals surface area contributed by atoms with Gasteiger partial charge in [0.25, 0.3) is 5.91 Å². The van der Waals surface area contributed by atoms with E-state index in [1.165, 1.54) is 18.1 Å². The third kappa shape index (κ3) is 4.35. The zero-order chi connectivity index (χ0) is 28.2. The van der Waals surface area contributed by atoms with Crippen LogP contribution in [0.2, 0.25) is 5.02 Å². The molecule has 2 aromatic heterocycles. The lowest BCUT2D eigenvalue weighted by molar-refractivity contribution is -0.146. The van der Waals surface area contributed by atoms with E-state index in [1.807, 2.05) is 6.07 Å². The SMILES string of the molecule is COc1cc(C2=CC3C(S2)C(=O)N(c2cncc4nc(C(F)(F)F)n(C)c24)C(=O)N3CCC#N)c(Cl)cc1F. The molecule has 2 atom stereocenters. The van der Waals surface area contributed by atoms with E-state index < -0.39 is 41.0 Å². The standard InChI is InChI=1S/C24H17ClF4N6O3S/c1-33-19-14(32-22(33)24(27,28)29)9-31-10-16(19)35-21(36)20-15(34(23(35)37)5-3-4-30)8-18(39-20)11-6-17(38-2)13(26)7-12(11)25/h6-10,15,20H,3,5H2,1-2H3. The van der Waals surface area contributed by atoms with Gasteiger partial charge in [0.15, 0.2) is 11.6 Å². The summed E-state index contributed by atoms with van der Waals surface area (Å²) in [7, 11) is 2.41. The van der Waals surface area contributed by atoms with Crippen LogP contribution in [0.1, 0.15) is 17.8 Å². The van der Waals surface area contributed by atoms with Crippen LogP contribution in [-0.4, -0.2) is 56.3 Å². The molecular formula is C24H17ClF4N6O3S. The maximum Gasteiger partial charge on any atom is 0.449 e. The van der Waals surface area contributed by atoms with Gasteiger partial charge < -0.3 is 14.2 Å². The van der Waals surface area contributed by atoms with Crippen molar-refractivity contribution in [3.8, 4) is 11.8 Å². The number of thioether (sulfide) groups is 1. The molecule has 2 aliphatic rings. The molecule has 202 valence electrons.